The molecule has 1 atom stereocenters. The van der Waals surface area contributed by atoms with Gasteiger partial charge in [0.05, 0.1) is 10.5 Å². The van der Waals surface area contributed by atoms with E-state index in [-0.39, 0.29) is 16.0 Å². The zero-order chi connectivity index (χ0) is 24.1. The number of primary amides is 1. The van der Waals surface area contributed by atoms with Crippen molar-refractivity contribution in [2.45, 2.75) is 38.7 Å². The normalized spacial score (nSPS) is 12.3. The fourth-order valence-corrected chi connectivity index (χ4v) is 4.42. The van der Waals surface area contributed by atoms with Gasteiger partial charge in [0, 0.05) is 24.3 Å². The highest BCUT2D eigenvalue weighted by atomic mass is 32.2. The first-order valence-electron chi connectivity index (χ1n) is 10.0. The number of carbonyl (C=O) groups is 3. The van der Waals surface area contributed by atoms with Crippen molar-refractivity contribution >= 4 is 33.5 Å². The number of ether oxygens (including phenoxy) is 1. The van der Waals surface area contributed by atoms with Crippen LogP contribution in [0.2, 0.25) is 0 Å². The fraction of sp³-hybridized carbons (Fsp3) is 0.318. The van der Waals surface area contributed by atoms with Crippen molar-refractivity contribution in [1.29, 1.82) is 0 Å². The molecule has 2 rings (SSSR count). The maximum Gasteiger partial charge on any atom is 0.339 e. The number of carbonyl (C=O) groups excluding carboxylic acids is 3. The smallest absolute Gasteiger partial charge is 0.339 e. The number of aryl methyl sites for hydroxylation is 1. The minimum absolute atomic E-state index is 0.0228. The van der Waals surface area contributed by atoms with Crippen molar-refractivity contribution in [2.24, 2.45) is 5.73 Å². The molecule has 0 radical (unpaired) electrons. The minimum Gasteiger partial charge on any atom is -0.449 e. The number of amides is 2. The molecule has 0 saturated carbocycles. The molecule has 0 aliphatic rings. The highest BCUT2D eigenvalue weighted by Gasteiger charge is 2.25. The third-order valence-corrected chi connectivity index (χ3v) is 6.91. The van der Waals surface area contributed by atoms with E-state index in [2.05, 4.69) is 5.32 Å². The van der Waals surface area contributed by atoms with Gasteiger partial charge >= 0.3 is 5.97 Å². The Kier molecular flexibility index (Phi) is 8.12. The molecule has 0 saturated heterocycles. The van der Waals surface area contributed by atoms with Crippen LogP contribution in [0.4, 0.5) is 5.69 Å². The van der Waals surface area contributed by atoms with Crippen LogP contribution in [0, 0.1) is 6.92 Å². The van der Waals surface area contributed by atoms with E-state index in [1.54, 1.807) is 20.8 Å². The zero-order valence-corrected chi connectivity index (χ0v) is 19.2. The molecule has 0 bridgehead atoms. The van der Waals surface area contributed by atoms with Gasteiger partial charge in [-0.15, -0.1) is 0 Å². The van der Waals surface area contributed by atoms with Crippen LogP contribution in [-0.2, 0) is 19.6 Å². The first kappa shape index (κ1) is 25.0. The predicted molar refractivity (Wildman–Crippen MR) is 120 cm³/mol. The molecule has 2 aromatic rings. The molecule has 9 nitrogen and oxygen atoms in total. The van der Waals surface area contributed by atoms with Gasteiger partial charge in [-0.2, -0.15) is 4.31 Å². The Balaban J connectivity index is 2.15. The number of anilines is 1. The average molecular weight is 462 g/mol. The van der Waals surface area contributed by atoms with Gasteiger partial charge in [-0.1, -0.05) is 19.9 Å². The van der Waals surface area contributed by atoms with Crippen molar-refractivity contribution < 1.29 is 27.5 Å². The van der Waals surface area contributed by atoms with Gasteiger partial charge < -0.3 is 15.8 Å². The number of nitrogens with one attached hydrogen (secondary N) is 1. The van der Waals surface area contributed by atoms with Crippen LogP contribution in [0.25, 0.3) is 0 Å². The Hall–Kier alpha value is -3.24. The Bertz CT molecular complexity index is 1110. The van der Waals surface area contributed by atoms with Crippen molar-refractivity contribution in [3.05, 3.63) is 59.2 Å². The Labute approximate surface area is 187 Å². The second-order valence-corrected chi connectivity index (χ2v) is 8.98. The topological polar surface area (TPSA) is 136 Å². The summed E-state index contributed by atoms with van der Waals surface area (Å²) in [5.41, 5.74) is 6.44. The summed E-state index contributed by atoms with van der Waals surface area (Å²) in [7, 11) is -3.76. The van der Waals surface area contributed by atoms with Crippen LogP contribution in [0.5, 0.6) is 0 Å². The summed E-state index contributed by atoms with van der Waals surface area (Å²) in [6.45, 7) is 7.10. The molecule has 0 fully saturated rings. The van der Waals surface area contributed by atoms with Gasteiger partial charge in [0.1, 0.15) is 0 Å². The van der Waals surface area contributed by atoms with Crippen LogP contribution in [-0.4, -0.2) is 49.7 Å². The average Bonchev–Trinajstić information content (AvgIpc) is 2.74. The van der Waals surface area contributed by atoms with Crippen LogP contribution >= 0.6 is 0 Å². The monoisotopic (exact) mass is 461 g/mol. The number of hydrogen-bond acceptors (Lipinski definition) is 6. The molecule has 1 unspecified atom stereocenters. The molecule has 172 valence electrons. The molecule has 10 heteroatoms. The molecule has 0 aliphatic carbocycles. The van der Waals surface area contributed by atoms with E-state index in [0.29, 0.717) is 24.3 Å². The van der Waals surface area contributed by atoms with Crippen LogP contribution in [0.1, 0.15) is 47.1 Å². The van der Waals surface area contributed by atoms with E-state index in [4.69, 9.17) is 10.5 Å². The van der Waals surface area contributed by atoms with Crippen LogP contribution in [0.15, 0.2) is 47.4 Å². The summed E-state index contributed by atoms with van der Waals surface area (Å²) in [6.07, 6.45) is -1.15. The first-order chi connectivity index (χ1) is 15.0. The molecule has 0 spiro atoms. The van der Waals surface area contributed by atoms with E-state index in [1.165, 1.54) is 53.7 Å². The maximum atomic E-state index is 12.8. The summed E-state index contributed by atoms with van der Waals surface area (Å²) in [5, 5.41) is 2.57. The Morgan fingerprint density at radius 2 is 1.66 bits per heavy atom. The van der Waals surface area contributed by atoms with Crippen molar-refractivity contribution in [2.75, 3.05) is 18.4 Å². The van der Waals surface area contributed by atoms with Gasteiger partial charge in [-0.3, -0.25) is 9.59 Å². The quantitative estimate of drug-likeness (QED) is 0.550. The first-order valence-corrected chi connectivity index (χ1v) is 11.5. The van der Waals surface area contributed by atoms with E-state index in [1.807, 2.05) is 0 Å². The van der Waals surface area contributed by atoms with E-state index in [9.17, 15) is 22.8 Å². The SMILES string of the molecule is CCN(CC)S(=O)(=O)c1ccc(C)c(C(=O)OC(C)C(=O)Nc2ccc(C(N)=O)cc2)c1. The summed E-state index contributed by atoms with van der Waals surface area (Å²) < 4.78 is 32.1. The van der Waals surface area contributed by atoms with E-state index in [0.717, 1.165) is 0 Å². The summed E-state index contributed by atoms with van der Waals surface area (Å²) in [4.78, 5) is 36.2. The molecular formula is C22H27N3O6S. The molecule has 2 amide bonds. The summed E-state index contributed by atoms with van der Waals surface area (Å²) >= 11 is 0. The minimum atomic E-state index is -3.76. The lowest BCUT2D eigenvalue weighted by Gasteiger charge is -2.19. The standard InChI is InChI=1S/C22H27N3O6S/c1-5-25(6-2)32(29,30)18-12-7-14(3)19(13-18)22(28)31-15(4)21(27)24-17-10-8-16(9-11-17)20(23)26/h7-13,15H,5-6H2,1-4H3,(H2,23,26)(H,24,27). The number of nitrogens with zero attached hydrogens (tertiary/aromatic N) is 1. The highest BCUT2D eigenvalue weighted by molar-refractivity contribution is 7.89. The lowest BCUT2D eigenvalue weighted by Crippen LogP contribution is -2.31. The number of sulfonamides is 1. The Morgan fingerprint density at radius 1 is 1.06 bits per heavy atom. The number of rotatable bonds is 9. The van der Waals surface area contributed by atoms with Crippen molar-refractivity contribution in [3.8, 4) is 0 Å². The molecule has 3 N–H and O–H groups in total. The molecule has 0 aliphatic heterocycles. The fourth-order valence-electron chi connectivity index (χ4n) is 2.93. The number of benzene rings is 2. The number of nitrogens with two attached hydrogens (primary N) is 1. The van der Waals surface area contributed by atoms with Gasteiger partial charge in [0.15, 0.2) is 6.10 Å². The summed E-state index contributed by atoms with van der Waals surface area (Å²) in [6, 6.07) is 10.1. The van der Waals surface area contributed by atoms with Gasteiger partial charge in [-0.05, 0) is 55.8 Å². The van der Waals surface area contributed by atoms with Gasteiger partial charge in [-0.25, -0.2) is 13.2 Å². The second-order valence-electron chi connectivity index (χ2n) is 7.04. The van der Waals surface area contributed by atoms with Crippen LogP contribution in [0.3, 0.4) is 0 Å². The molecule has 0 heterocycles. The molecule has 32 heavy (non-hydrogen) atoms. The van der Waals surface area contributed by atoms with E-state index < -0.39 is 33.9 Å². The predicted octanol–water partition coefficient (Wildman–Crippen LogP) is 2.31. The van der Waals surface area contributed by atoms with E-state index >= 15 is 0 Å². The maximum absolute atomic E-state index is 12.8. The number of hydrogen-bond donors (Lipinski definition) is 2. The third-order valence-electron chi connectivity index (χ3n) is 4.86. The molecular weight excluding hydrogens is 434 g/mol. The third kappa shape index (κ3) is 5.71. The largest absolute Gasteiger partial charge is 0.449 e. The zero-order valence-electron chi connectivity index (χ0n) is 18.4. The van der Waals surface area contributed by atoms with Crippen LogP contribution < -0.4 is 11.1 Å². The second kappa shape index (κ2) is 10.4. The number of esters is 1. The molecule has 0 aromatic heterocycles. The van der Waals surface area contributed by atoms with Gasteiger partial charge in [0.2, 0.25) is 15.9 Å². The lowest BCUT2D eigenvalue weighted by molar-refractivity contribution is -0.123. The van der Waals surface area contributed by atoms with Crippen molar-refractivity contribution in [3.63, 3.8) is 0 Å². The lowest BCUT2D eigenvalue weighted by atomic mass is 10.1. The Morgan fingerprint density at radius 3 is 2.19 bits per heavy atom. The highest BCUT2D eigenvalue weighted by Crippen LogP contribution is 2.21. The van der Waals surface area contributed by atoms with Gasteiger partial charge in [0.25, 0.3) is 5.91 Å². The molecule has 2 aromatic carbocycles. The van der Waals surface area contributed by atoms with Crippen molar-refractivity contribution in [1.82, 2.24) is 4.31 Å². The summed E-state index contributed by atoms with van der Waals surface area (Å²) in [5.74, 6) is -1.99.